The number of ketones is 1. The molecule has 36 heavy (non-hydrogen) atoms. The third-order valence-corrected chi connectivity index (χ3v) is 6.06. The summed E-state index contributed by atoms with van der Waals surface area (Å²) >= 11 is 0. The number of carbonyl (C=O) groups is 1. The summed E-state index contributed by atoms with van der Waals surface area (Å²) < 4.78 is 23.8. The van der Waals surface area contributed by atoms with Crippen LogP contribution in [-0.4, -0.2) is 56.7 Å². The van der Waals surface area contributed by atoms with Crippen molar-refractivity contribution in [3.63, 3.8) is 0 Å². The highest BCUT2D eigenvalue weighted by Crippen LogP contribution is 2.49. The predicted molar refractivity (Wildman–Crippen MR) is 124 cm³/mol. The van der Waals surface area contributed by atoms with E-state index in [1.54, 1.807) is 19.1 Å². The van der Waals surface area contributed by atoms with Crippen molar-refractivity contribution < 1.29 is 49.3 Å². The van der Waals surface area contributed by atoms with Gasteiger partial charge in [-0.05, 0) is 36.8 Å². The molecule has 188 valence electrons. The van der Waals surface area contributed by atoms with Gasteiger partial charge in [0.15, 0.2) is 35.9 Å². The Morgan fingerprint density at radius 3 is 2.28 bits per heavy atom. The number of benzene rings is 3. The fraction of sp³-hybridized carbons (Fsp3) is 0.269. The molecular formula is C26H24O10. The maximum absolute atomic E-state index is 12.9. The van der Waals surface area contributed by atoms with Crippen LogP contribution >= 0.6 is 0 Å². The maximum atomic E-state index is 12.9. The number of Topliss-reactive ketones (excluding diaryl/α,β-unsaturated/α-hetero) is 1. The Hall–Kier alpha value is -4.15. The van der Waals surface area contributed by atoms with E-state index >= 15 is 0 Å². The second-order valence-electron chi connectivity index (χ2n) is 8.43. The van der Waals surface area contributed by atoms with Crippen LogP contribution < -0.4 is 18.9 Å². The molecule has 4 atom stereocenters. The molecule has 10 nitrogen and oxygen atoms in total. The summed E-state index contributed by atoms with van der Waals surface area (Å²) in [5, 5.41) is 50.3. The van der Waals surface area contributed by atoms with E-state index in [9.17, 15) is 30.3 Å². The van der Waals surface area contributed by atoms with Gasteiger partial charge < -0.3 is 44.5 Å². The molecule has 5 N–H and O–H groups in total. The molecule has 0 fully saturated rings. The van der Waals surface area contributed by atoms with Crippen LogP contribution in [0.15, 0.2) is 48.5 Å². The maximum Gasteiger partial charge on any atom is 0.204 e. The van der Waals surface area contributed by atoms with Gasteiger partial charge in [0.2, 0.25) is 11.5 Å². The van der Waals surface area contributed by atoms with E-state index in [0.717, 1.165) is 6.07 Å². The fourth-order valence-corrected chi connectivity index (χ4v) is 4.40. The summed E-state index contributed by atoms with van der Waals surface area (Å²) in [5.74, 6) is -0.872. The summed E-state index contributed by atoms with van der Waals surface area (Å²) in [7, 11) is 0. The molecule has 2 aliphatic heterocycles. The van der Waals surface area contributed by atoms with E-state index in [4.69, 9.17) is 18.9 Å². The van der Waals surface area contributed by atoms with Gasteiger partial charge in [-0.15, -0.1) is 0 Å². The first-order valence-corrected chi connectivity index (χ1v) is 11.3. The number of phenolic OH excluding ortho intramolecular Hbond substituents is 3. The van der Waals surface area contributed by atoms with Crippen molar-refractivity contribution in [1.82, 2.24) is 0 Å². The SMILES string of the molecule is CCOc1cc([C@H]2Oc3cc(O)cc(O)c3C(=O)[C@@H]2O)cc2c1OC(CO)C(c1ccc(O)cc1)O2. The number of rotatable bonds is 5. The van der Waals surface area contributed by atoms with Gasteiger partial charge >= 0.3 is 0 Å². The van der Waals surface area contributed by atoms with Crippen LogP contribution in [0.25, 0.3) is 0 Å². The highest BCUT2D eigenvalue weighted by atomic mass is 16.6. The van der Waals surface area contributed by atoms with Crippen LogP contribution in [0.4, 0.5) is 0 Å². The van der Waals surface area contributed by atoms with Gasteiger partial charge in [-0.2, -0.15) is 0 Å². The van der Waals surface area contributed by atoms with Gasteiger partial charge in [0.1, 0.15) is 28.6 Å². The zero-order chi connectivity index (χ0) is 25.6. The molecule has 0 aliphatic carbocycles. The van der Waals surface area contributed by atoms with Gasteiger partial charge in [0.25, 0.3) is 0 Å². The van der Waals surface area contributed by atoms with Crippen molar-refractivity contribution in [1.29, 1.82) is 0 Å². The van der Waals surface area contributed by atoms with E-state index in [-0.39, 0.29) is 53.3 Å². The first kappa shape index (κ1) is 23.6. The topological polar surface area (TPSA) is 155 Å². The number of carbonyl (C=O) groups excluding carboxylic acids is 1. The molecule has 2 unspecified atom stereocenters. The molecular weight excluding hydrogens is 472 g/mol. The van der Waals surface area contributed by atoms with Crippen molar-refractivity contribution in [2.45, 2.75) is 31.3 Å². The number of fused-ring (bicyclic) bond motifs is 2. The second-order valence-corrected chi connectivity index (χ2v) is 8.43. The standard InChI is InChI=1S/C26H24O10/c1-2-33-18-7-13(25-23(32)22(31)21-16(30)9-15(29)10-17(21)34-25)8-19-26(18)36-20(11-27)24(35-19)12-3-5-14(28)6-4-12/h3-10,20,23-25,27-30,32H,2,11H2,1H3/t20?,23-,24?,25+/m0/s1. The fourth-order valence-electron chi connectivity index (χ4n) is 4.40. The number of ether oxygens (including phenoxy) is 4. The molecule has 0 spiro atoms. The van der Waals surface area contributed by atoms with Crippen molar-refractivity contribution in [2.24, 2.45) is 0 Å². The largest absolute Gasteiger partial charge is 0.508 e. The molecule has 0 amide bonds. The number of aromatic hydroxyl groups is 3. The zero-order valence-electron chi connectivity index (χ0n) is 19.1. The Kier molecular flexibility index (Phi) is 5.99. The van der Waals surface area contributed by atoms with Crippen LogP contribution in [-0.2, 0) is 0 Å². The van der Waals surface area contributed by atoms with Gasteiger partial charge in [-0.1, -0.05) is 12.1 Å². The third-order valence-electron chi connectivity index (χ3n) is 6.06. The Morgan fingerprint density at radius 1 is 0.861 bits per heavy atom. The van der Waals surface area contributed by atoms with Crippen molar-refractivity contribution in [3.8, 4) is 40.2 Å². The molecule has 2 aliphatic rings. The molecule has 0 saturated heterocycles. The number of aliphatic hydroxyl groups excluding tert-OH is 2. The number of hydrogen-bond donors (Lipinski definition) is 5. The molecule has 0 aromatic heterocycles. The van der Waals surface area contributed by atoms with E-state index in [0.29, 0.717) is 11.1 Å². The lowest BCUT2D eigenvalue weighted by Crippen LogP contribution is -2.37. The minimum Gasteiger partial charge on any atom is -0.508 e. The summed E-state index contributed by atoms with van der Waals surface area (Å²) in [6.45, 7) is 1.67. The molecule has 0 radical (unpaired) electrons. The Labute approximate surface area is 205 Å². The Balaban J connectivity index is 1.57. The van der Waals surface area contributed by atoms with Gasteiger partial charge in [0.05, 0.1) is 13.2 Å². The summed E-state index contributed by atoms with van der Waals surface area (Å²) in [6, 6.07) is 11.5. The Morgan fingerprint density at radius 2 is 1.58 bits per heavy atom. The van der Waals surface area contributed by atoms with Crippen LogP contribution in [0.1, 0.15) is 40.6 Å². The van der Waals surface area contributed by atoms with Crippen molar-refractivity contribution >= 4 is 5.78 Å². The smallest absolute Gasteiger partial charge is 0.204 e. The average Bonchev–Trinajstić information content (AvgIpc) is 2.85. The number of phenols is 3. The van der Waals surface area contributed by atoms with Crippen molar-refractivity contribution in [2.75, 3.05) is 13.2 Å². The normalized spacial score (nSPS) is 22.5. The third kappa shape index (κ3) is 4.00. The quantitative estimate of drug-likeness (QED) is 0.356. The summed E-state index contributed by atoms with van der Waals surface area (Å²) in [6.07, 6.45) is -4.38. The van der Waals surface area contributed by atoms with Crippen LogP contribution in [0.3, 0.4) is 0 Å². The minimum absolute atomic E-state index is 0.0720. The number of aliphatic hydroxyl groups is 2. The van der Waals surface area contributed by atoms with Crippen molar-refractivity contribution in [3.05, 3.63) is 65.2 Å². The van der Waals surface area contributed by atoms with Gasteiger partial charge in [0, 0.05) is 17.7 Å². The lowest BCUT2D eigenvalue weighted by atomic mass is 9.92. The van der Waals surface area contributed by atoms with Crippen LogP contribution in [0.5, 0.6) is 40.2 Å². The van der Waals surface area contributed by atoms with Crippen LogP contribution in [0.2, 0.25) is 0 Å². The lowest BCUT2D eigenvalue weighted by Gasteiger charge is -2.35. The Bertz CT molecular complexity index is 1300. The first-order chi connectivity index (χ1) is 17.3. The highest BCUT2D eigenvalue weighted by Gasteiger charge is 2.41. The predicted octanol–water partition coefficient (Wildman–Crippen LogP) is 2.75. The average molecular weight is 496 g/mol. The monoisotopic (exact) mass is 496 g/mol. The molecule has 5 rings (SSSR count). The molecule has 3 aromatic carbocycles. The zero-order valence-corrected chi connectivity index (χ0v) is 19.1. The van der Waals surface area contributed by atoms with Crippen LogP contribution in [0, 0.1) is 0 Å². The lowest BCUT2D eigenvalue weighted by molar-refractivity contribution is -0.0151. The molecule has 0 bridgehead atoms. The first-order valence-electron chi connectivity index (χ1n) is 11.3. The second kappa shape index (κ2) is 9.14. The molecule has 2 heterocycles. The minimum atomic E-state index is -1.66. The molecule has 3 aromatic rings. The van der Waals surface area contributed by atoms with E-state index < -0.39 is 35.9 Å². The van der Waals surface area contributed by atoms with Gasteiger partial charge in [-0.3, -0.25) is 4.79 Å². The van der Waals surface area contributed by atoms with E-state index in [1.165, 1.54) is 30.3 Å². The summed E-state index contributed by atoms with van der Waals surface area (Å²) in [4.78, 5) is 12.9. The highest BCUT2D eigenvalue weighted by molar-refractivity contribution is 6.05. The van der Waals surface area contributed by atoms with E-state index in [2.05, 4.69) is 0 Å². The molecule has 0 saturated carbocycles. The summed E-state index contributed by atoms with van der Waals surface area (Å²) in [5.41, 5.74) is 0.740. The van der Waals surface area contributed by atoms with Gasteiger partial charge in [-0.25, -0.2) is 0 Å². The van der Waals surface area contributed by atoms with E-state index in [1.807, 2.05) is 0 Å². The number of hydrogen-bond acceptors (Lipinski definition) is 10. The molecule has 10 heteroatoms.